The van der Waals surface area contributed by atoms with Gasteiger partial charge in [-0.1, -0.05) is 35.9 Å². The highest BCUT2D eigenvalue weighted by Gasteiger charge is 2.21. The Morgan fingerprint density at radius 2 is 1.76 bits per heavy atom. The van der Waals surface area contributed by atoms with Crippen molar-refractivity contribution in [2.75, 3.05) is 31.1 Å². The molecule has 1 fully saturated rings. The normalized spacial score (nSPS) is 14.7. The SMILES string of the molecule is Cc1ccc(CCC(=O)N2CCN(c3cccc(Cl)c3)CC2)cc1C. The van der Waals surface area contributed by atoms with Crippen LogP contribution in [-0.2, 0) is 11.2 Å². The summed E-state index contributed by atoms with van der Waals surface area (Å²) in [5, 5.41) is 0.754. The smallest absolute Gasteiger partial charge is 0.223 e. The largest absolute Gasteiger partial charge is 0.368 e. The lowest BCUT2D eigenvalue weighted by Crippen LogP contribution is -2.48. The Morgan fingerprint density at radius 3 is 2.44 bits per heavy atom. The maximum absolute atomic E-state index is 12.5. The van der Waals surface area contributed by atoms with Crippen molar-refractivity contribution in [2.24, 2.45) is 0 Å². The van der Waals surface area contributed by atoms with Crippen molar-refractivity contribution >= 4 is 23.2 Å². The van der Waals surface area contributed by atoms with Gasteiger partial charge in [0.1, 0.15) is 0 Å². The van der Waals surface area contributed by atoms with E-state index in [1.807, 2.05) is 23.1 Å². The van der Waals surface area contributed by atoms with Crippen LogP contribution in [-0.4, -0.2) is 37.0 Å². The first-order chi connectivity index (χ1) is 12.0. The predicted octanol–water partition coefficient (Wildman–Crippen LogP) is 4.24. The summed E-state index contributed by atoms with van der Waals surface area (Å²) < 4.78 is 0. The number of rotatable bonds is 4. The molecule has 0 atom stereocenters. The van der Waals surface area contributed by atoms with Gasteiger partial charge in [0.2, 0.25) is 5.91 Å². The van der Waals surface area contributed by atoms with Crippen molar-refractivity contribution in [2.45, 2.75) is 26.7 Å². The van der Waals surface area contributed by atoms with Gasteiger partial charge in [0, 0.05) is 43.3 Å². The lowest BCUT2D eigenvalue weighted by atomic mass is 10.0. The predicted molar refractivity (Wildman–Crippen MR) is 104 cm³/mol. The molecule has 0 aliphatic carbocycles. The molecular formula is C21H25ClN2O. The standard InChI is InChI=1S/C21H25ClN2O/c1-16-6-7-18(14-17(16)2)8-9-21(25)24-12-10-23(11-13-24)20-5-3-4-19(22)15-20/h3-7,14-15H,8-13H2,1-2H3. The van der Waals surface area contributed by atoms with E-state index in [1.54, 1.807) is 0 Å². The molecule has 0 saturated carbocycles. The van der Waals surface area contributed by atoms with E-state index in [-0.39, 0.29) is 5.91 Å². The third kappa shape index (κ3) is 4.55. The summed E-state index contributed by atoms with van der Waals surface area (Å²) in [4.78, 5) is 16.8. The van der Waals surface area contributed by atoms with Crippen LogP contribution in [0.2, 0.25) is 5.02 Å². The van der Waals surface area contributed by atoms with E-state index in [0.29, 0.717) is 6.42 Å². The molecule has 1 saturated heterocycles. The van der Waals surface area contributed by atoms with Gasteiger partial charge >= 0.3 is 0 Å². The zero-order valence-corrected chi connectivity index (χ0v) is 15.7. The number of aryl methyl sites for hydroxylation is 3. The van der Waals surface area contributed by atoms with E-state index < -0.39 is 0 Å². The van der Waals surface area contributed by atoms with Crippen LogP contribution in [0.1, 0.15) is 23.1 Å². The first-order valence-corrected chi connectivity index (χ1v) is 9.25. The highest BCUT2D eigenvalue weighted by molar-refractivity contribution is 6.30. The maximum atomic E-state index is 12.5. The summed E-state index contributed by atoms with van der Waals surface area (Å²) >= 11 is 6.07. The minimum atomic E-state index is 0.254. The third-order valence-electron chi connectivity index (χ3n) is 5.00. The Bertz CT molecular complexity index is 751. The van der Waals surface area contributed by atoms with Crippen LogP contribution < -0.4 is 4.90 Å². The van der Waals surface area contributed by atoms with Gasteiger partial charge in [-0.05, 0) is 55.2 Å². The second-order valence-electron chi connectivity index (χ2n) is 6.77. The van der Waals surface area contributed by atoms with Crippen molar-refractivity contribution in [3.05, 3.63) is 64.2 Å². The Labute approximate surface area is 155 Å². The number of hydrogen-bond donors (Lipinski definition) is 0. The Morgan fingerprint density at radius 1 is 1.00 bits per heavy atom. The van der Waals surface area contributed by atoms with E-state index in [1.165, 1.54) is 16.7 Å². The van der Waals surface area contributed by atoms with E-state index in [4.69, 9.17) is 11.6 Å². The molecule has 0 N–H and O–H groups in total. The molecule has 4 heteroatoms. The second-order valence-corrected chi connectivity index (χ2v) is 7.20. The quantitative estimate of drug-likeness (QED) is 0.818. The van der Waals surface area contributed by atoms with Crippen molar-refractivity contribution in [3.8, 4) is 0 Å². The number of piperazine rings is 1. The molecule has 1 aliphatic heterocycles. The summed E-state index contributed by atoms with van der Waals surface area (Å²) in [6.07, 6.45) is 1.40. The summed E-state index contributed by atoms with van der Waals surface area (Å²) in [6.45, 7) is 7.50. The number of carbonyl (C=O) groups excluding carboxylic acids is 1. The summed E-state index contributed by atoms with van der Waals surface area (Å²) in [6, 6.07) is 14.4. The van der Waals surface area contributed by atoms with Crippen LogP contribution in [0.15, 0.2) is 42.5 Å². The lowest BCUT2D eigenvalue weighted by molar-refractivity contribution is -0.131. The molecule has 0 radical (unpaired) electrons. The van der Waals surface area contributed by atoms with E-state index in [9.17, 15) is 4.79 Å². The maximum Gasteiger partial charge on any atom is 0.223 e. The highest BCUT2D eigenvalue weighted by Crippen LogP contribution is 2.21. The molecule has 0 unspecified atom stereocenters. The fraction of sp³-hybridized carbons (Fsp3) is 0.381. The van der Waals surface area contributed by atoms with Crippen LogP contribution in [0.4, 0.5) is 5.69 Å². The van der Waals surface area contributed by atoms with Gasteiger partial charge in [0.25, 0.3) is 0 Å². The van der Waals surface area contributed by atoms with Gasteiger partial charge in [-0.2, -0.15) is 0 Å². The Hall–Kier alpha value is -2.00. The molecular weight excluding hydrogens is 332 g/mol. The molecule has 132 valence electrons. The molecule has 1 amide bonds. The molecule has 0 aromatic heterocycles. The first kappa shape index (κ1) is 17.8. The van der Waals surface area contributed by atoms with Crippen molar-refractivity contribution in [1.29, 1.82) is 0 Å². The van der Waals surface area contributed by atoms with Crippen molar-refractivity contribution in [1.82, 2.24) is 4.90 Å². The number of hydrogen-bond acceptors (Lipinski definition) is 2. The molecule has 2 aromatic carbocycles. The Balaban J connectivity index is 1.50. The summed E-state index contributed by atoms with van der Waals surface area (Å²) in [7, 11) is 0. The number of carbonyl (C=O) groups is 1. The molecule has 0 bridgehead atoms. The molecule has 3 nitrogen and oxygen atoms in total. The second kappa shape index (κ2) is 7.92. The molecule has 25 heavy (non-hydrogen) atoms. The van der Waals surface area contributed by atoms with Crippen LogP contribution in [0.5, 0.6) is 0 Å². The summed E-state index contributed by atoms with van der Waals surface area (Å²) in [5.41, 5.74) is 4.97. The lowest BCUT2D eigenvalue weighted by Gasteiger charge is -2.36. The van der Waals surface area contributed by atoms with Crippen molar-refractivity contribution < 1.29 is 4.79 Å². The molecule has 1 aliphatic rings. The number of anilines is 1. The zero-order valence-electron chi connectivity index (χ0n) is 15.0. The number of amides is 1. The molecule has 1 heterocycles. The highest BCUT2D eigenvalue weighted by atomic mass is 35.5. The third-order valence-corrected chi connectivity index (χ3v) is 5.24. The average Bonchev–Trinajstić information content (AvgIpc) is 2.62. The van der Waals surface area contributed by atoms with Gasteiger partial charge in [-0.3, -0.25) is 4.79 Å². The topological polar surface area (TPSA) is 23.6 Å². The fourth-order valence-corrected chi connectivity index (χ4v) is 3.44. The van der Waals surface area contributed by atoms with Crippen LogP contribution >= 0.6 is 11.6 Å². The van der Waals surface area contributed by atoms with Gasteiger partial charge < -0.3 is 9.80 Å². The Kier molecular flexibility index (Phi) is 5.64. The number of benzene rings is 2. The van der Waals surface area contributed by atoms with Gasteiger partial charge in [-0.15, -0.1) is 0 Å². The van der Waals surface area contributed by atoms with Gasteiger partial charge in [0.15, 0.2) is 0 Å². The zero-order chi connectivity index (χ0) is 17.8. The molecule has 0 spiro atoms. The minimum absolute atomic E-state index is 0.254. The van der Waals surface area contributed by atoms with Crippen molar-refractivity contribution in [3.63, 3.8) is 0 Å². The molecule has 3 rings (SSSR count). The summed E-state index contributed by atoms with van der Waals surface area (Å²) in [5.74, 6) is 0.254. The van der Waals surface area contributed by atoms with E-state index in [2.05, 4.69) is 43.0 Å². The van der Waals surface area contributed by atoms with E-state index >= 15 is 0 Å². The monoisotopic (exact) mass is 356 g/mol. The van der Waals surface area contributed by atoms with Gasteiger partial charge in [0.05, 0.1) is 0 Å². The van der Waals surface area contributed by atoms with Gasteiger partial charge in [-0.25, -0.2) is 0 Å². The minimum Gasteiger partial charge on any atom is -0.368 e. The molecule has 2 aromatic rings. The van der Waals surface area contributed by atoms with E-state index in [0.717, 1.165) is 43.3 Å². The number of nitrogens with zero attached hydrogens (tertiary/aromatic N) is 2. The first-order valence-electron chi connectivity index (χ1n) is 8.87. The van der Waals surface area contributed by atoms with Crippen LogP contribution in [0.3, 0.4) is 0 Å². The number of halogens is 1. The average molecular weight is 357 g/mol. The van der Waals surface area contributed by atoms with Crippen LogP contribution in [0.25, 0.3) is 0 Å². The van der Waals surface area contributed by atoms with Crippen LogP contribution in [0, 0.1) is 13.8 Å². The fourth-order valence-electron chi connectivity index (χ4n) is 3.26.